The van der Waals surface area contributed by atoms with Gasteiger partial charge in [0.25, 0.3) is 11.8 Å². The third kappa shape index (κ3) is 4.84. The van der Waals surface area contributed by atoms with Crippen LogP contribution in [-0.4, -0.2) is 38.5 Å². The van der Waals surface area contributed by atoms with Crippen LogP contribution in [-0.2, 0) is 12.8 Å². The van der Waals surface area contributed by atoms with Gasteiger partial charge in [-0.15, -0.1) is 11.3 Å². The molecular formula is C23H25N7O3S. The first-order valence-corrected chi connectivity index (χ1v) is 12.2. The molecule has 0 bridgehead atoms. The Morgan fingerprint density at radius 1 is 1.15 bits per heavy atom. The number of ether oxygens (including phenoxy) is 1. The highest BCUT2D eigenvalue weighted by molar-refractivity contribution is 7.17. The van der Waals surface area contributed by atoms with Crippen LogP contribution in [0.2, 0.25) is 0 Å². The lowest BCUT2D eigenvalue weighted by molar-refractivity contribution is 0.0956. The van der Waals surface area contributed by atoms with Gasteiger partial charge in [0.05, 0.1) is 35.5 Å². The van der Waals surface area contributed by atoms with E-state index in [1.807, 2.05) is 6.92 Å². The van der Waals surface area contributed by atoms with Crippen molar-refractivity contribution in [1.82, 2.24) is 25.3 Å². The summed E-state index contributed by atoms with van der Waals surface area (Å²) in [6, 6.07) is 0. The van der Waals surface area contributed by atoms with Crippen LogP contribution in [0.3, 0.4) is 0 Å². The van der Waals surface area contributed by atoms with Crippen molar-refractivity contribution < 1.29 is 14.3 Å². The first kappa shape index (κ1) is 22.2. The van der Waals surface area contributed by atoms with E-state index in [0.717, 1.165) is 54.7 Å². The summed E-state index contributed by atoms with van der Waals surface area (Å²) < 4.78 is 5.62. The lowest BCUT2D eigenvalue weighted by atomic mass is 9.95. The molecule has 2 aliphatic carbocycles. The van der Waals surface area contributed by atoms with Crippen LogP contribution in [0.5, 0.6) is 5.88 Å². The molecule has 3 heterocycles. The molecule has 0 spiro atoms. The van der Waals surface area contributed by atoms with Crippen LogP contribution in [0.25, 0.3) is 0 Å². The van der Waals surface area contributed by atoms with Gasteiger partial charge in [0.2, 0.25) is 0 Å². The lowest BCUT2D eigenvalue weighted by Gasteiger charge is -2.13. The molecule has 3 aromatic rings. The summed E-state index contributed by atoms with van der Waals surface area (Å²) in [5.41, 5.74) is 2.94. The standard InChI is InChI=1S/C23H25N7O3S/c1-2-26-20(31)18-15-5-3-4-6-17(15)34-22(18)30-23(32)33-21-19(28-14-9-24-12-25-10-14)27-11-16(29-21)13-7-8-13/h9-13H,2-8H2,1H3,(H,26,31)(H,27,28)(H,30,32). The van der Waals surface area contributed by atoms with Crippen molar-refractivity contribution in [3.05, 3.63) is 46.6 Å². The second kappa shape index (κ2) is 9.72. The minimum Gasteiger partial charge on any atom is -0.387 e. The number of aryl methyl sites for hydroxylation is 1. The number of nitrogens with zero attached hydrogens (tertiary/aromatic N) is 4. The predicted octanol–water partition coefficient (Wildman–Crippen LogP) is 4.19. The lowest BCUT2D eigenvalue weighted by Crippen LogP contribution is -2.26. The maximum atomic E-state index is 13.0. The van der Waals surface area contributed by atoms with E-state index in [2.05, 4.69) is 35.9 Å². The number of amides is 2. The average molecular weight is 480 g/mol. The maximum absolute atomic E-state index is 13.0. The molecule has 3 aromatic heterocycles. The summed E-state index contributed by atoms with van der Waals surface area (Å²) in [6.45, 7) is 2.38. The number of nitrogens with one attached hydrogen (secondary N) is 3. The number of hydrogen-bond acceptors (Lipinski definition) is 9. The zero-order valence-corrected chi connectivity index (χ0v) is 19.6. The summed E-state index contributed by atoms with van der Waals surface area (Å²) in [6.07, 6.45) is 11.5. The Hall–Kier alpha value is -3.60. The Morgan fingerprint density at radius 3 is 2.71 bits per heavy atom. The number of carbonyl (C=O) groups excluding carboxylic acids is 2. The van der Waals surface area contributed by atoms with E-state index in [1.54, 1.807) is 18.6 Å². The van der Waals surface area contributed by atoms with E-state index in [0.29, 0.717) is 28.7 Å². The van der Waals surface area contributed by atoms with Gasteiger partial charge in [-0.05, 0) is 51.0 Å². The monoisotopic (exact) mass is 479 g/mol. The SMILES string of the molecule is CCNC(=O)c1c(NC(=O)Oc2nc(C3CC3)cnc2Nc2cncnc2)sc2c1CCCC2. The van der Waals surface area contributed by atoms with Gasteiger partial charge in [0, 0.05) is 17.3 Å². The number of rotatable bonds is 7. The van der Waals surface area contributed by atoms with E-state index in [1.165, 1.54) is 17.7 Å². The van der Waals surface area contributed by atoms with Gasteiger partial charge in [-0.25, -0.2) is 24.7 Å². The normalized spacial score (nSPS) is 14.7. The average Bonchev–Trinajstić information content (AvgIpc) is 3.62. The van der Waals surface area contributed by atoms with E-state index < -0.39 is 6.09 Å². The van der Waals surface area contributed by atoms with E-state index in [4.69, 9.17) is 4.74 Å². The summed E-state index contributed by atoms with van der Waals surface area (Å²) in [5, 5.41) is 9.19. The van der Waals surface area contributed by atoms with Crippen LogP contribution in [0.4, 0.5) is 21.3 Å². The highest BCUT2D eigenvalue weighted by atomic mass is 32.1. The van der Waals surface area contributed by atoms with Crippen molar-refractivity contribution in [2.24, 2.45) is 0 Å². The maximum Gasteiger partial charge on any atom is 0.419 e. The molecule has 10 nitrogen and oxygen atoms in total. The van der Waals surface area contributed by atoms with Gasteiger partial charge >= 0.3 is 6.09 Å². The van der Waals surface area contributed by atoms with Gasteiger partial charge in [-0.2, -0.15) is 0 Å². The summed E-state index contributed by atoms with van der Waals surface area (Å²) in [5.74, 6) is 0.495. The van der Waals surface area contributed by atoms with Gasteiger partial charge in [0.1, 0.15) is 11.3 Å². The Morgan fingerprint density at radius 2 is 1.94 bits per heavy atom. The van der Waals surface area contributed by atoms with E-state index >= 15 is 0 Å². The van der Waals surface area contributed by atoms with Crippen LogP contribution in [0, 0.1) is 0 Å². The van der Waals surface area contributed by atoms with Crippen molar-refractivity contribution in [2.45, 2.75) is 51.4 Å². The van der Waals surface area contributed by atoms with E-state index in [-0.39, 0.29) is 17.6 Å². The van der Waals surface area contributed by atoms with Crippen LogP contribution < -0.4 is 20.7 Å². The molecule has 34 heavy (non-hydrogen) atoms. The third-order valence-electron chi connectivity index (χ3n) is 5.72. The first-order chi connectivity index (χ1) is 16.6. The summed E-state index contributed by atoms with van der Waals surface area (Å²) in [4.78, 5) is 43.8. The molecule has 2 aliphatic rings. The number of fused-ring (bicyclic) bond motifs is 1. The fraction of sp³-hybridized carbons (Fsp3) is 0.391. The Kier molecular flexibility index (Phi) is 6.35. The van der Waals surface area contributed by atoms with E-state index in [9.17, 15) is 9.59 Å². The molecule has 0 unspecified atom stereocenters. The Balaban J connectivity index is 1.40. The Labute approximate surface area is 200 Å². The third-order valence-corrected chi connectivity index (χ3v) is 6.93. The van der Waals surface area contributed by atoms with Crippen molar-refractivity contribution in [3.63, 3.8) is 0 Å². The quantitative estimate of drug-likeness (QED) is 0.460. The minimum atomic E-state index is -0.723. The molecule has 1 saturated carbocycles. The molecule has 0 aromatic carbocycles. The zero-order chi connectivity index (χ0) is 23.5. The predicted molar refractivity (Wildman–Crippen MR) is 128 cm³/mol. The minimum absolute atomic E-state index is 0.0617. The molecule has 11 heteroatoms. The van der Waals surface area contributed by atoms with Gasteiger partial charge < -0.3 is 15.4 Å². The van der Waals surface area contributed by atoms with Crippen molar-refractivity contribution >= 4 is 39.8 Å². The molecule has 0 atom stereocenters. The second-order valence-electron chi connectivity index (χ2n) is 8.26. The zero-order valence-electron chi connectivity index (χ0n) is 18.8. The first-order valence-electron chi connectivity index (χ1n) is 11.4. The molecule has 3 N–H and O–H groups in total. The number of hydrogen-bond donors (Lipinski definition) is 3. The largest absolute Gasteiger partial charge is 0.419 e. The second-order valence-corrected chi connectivity index (χ2v) is 9.37. The summed E-state index contributed by atoms with van der Waals surface area (Å²) in [7, 11) is 0. The van der Waals surface area contributed by atoms with Crippen LogP contribution in [0.15, 0.2) is 24.9 Å². The Bertz CT molecular complexity index is 1210. The highest BCUT2D eigenvalue weighted by Gasteiger charge is 2.29. The smallest absolute Gasteiger partial charge is 0.387 e. The molecule has 0 saturated heterocycles. The van der Waals surface area contributed by atoms with Crippen molar-refractivity contribution in [2.75, 3.05) is 17.2 Å². The molecule has 2 amide bonds. The van der Waals surface area contributed by atoms with Crippen molar-refractivity contribution in [3.8, 4) is 5.88 Å². The fourth-order valence-corrected chi connectivity index (χ4v) is 5.24. The van der Waals surface area contributed by atoms with Crippen LogP contribution in [0.1, 0.15) is 65.0 Å². The number of anilines is 3. The van der Waals surface area contributed by atoms with Gasteiger partial charge in [0.15, 0.2) is 5.82 Å². The molecule has 5 rings (SSSR count). The molecule has 0 aliphatic heterocycles. The van der Waals surface area contributed by atoms with Crippen molar-refractivity contribution in [1.29, 1.82) is 0 Å². The topological polar surface area (TPSA) is 131 Å². The van der Waals surface area contributed by atoms with Crippen LogP contribution >= 0.6 is 11.3 Å². The summed E-state index contributed by atoms with van der Waals surface area (Å²) >= 11 is 1.44. The molecular weight excluding hydrogens is 454 g/mol. The number of thiophene rings is 1. The van der Waals surface area contributed by atoms with Gasteiger partial charge in [-0.3, -0.25) is 10.1 Å². The molecule has 176 valence electrons. The fourth-order valence-electron chi connectivity index (χ4n) is 3.97. The number of aromatic nitrogens is 4. The van der Waals surface area contributed by atoms with Gasteiger partial charge in [-0.1, -0.05) is 0 Å². The highest BCUT2D eigenvalue weighted by Crippen LogP contribution is 2.41. The number of carbonyl (C=O) groups is 2. The molecule has 1 fully saturated rings. The molecule has 0 radical (unpaired) electrons.